The van der Waals surface area contributed by atoms with E-state index in [0.29, 0.717) is 0 Å². The number of hydrogen-bond donors (Lipinski definition) is 2. The summed E-state index contributed by atoms with van der Waals surface area (Å²) < 4.78 is 69.5. The van der Waals surface area contributed by atoms with E-state index < -0.39 is 31.5 Å². The lowest BCUT2D eigenvalue weighted by atomic mass is 10.3. The molecule has 1 aliphatic heterocycles. The quantitative estimate of drug-likeness (QED) is 0.836. The molecule has 10 heteroatoms. The van der Waals surface area contributed by atoms with E-state index in [1.807, 2.05) is 0 Å². The van der Waals surface area contributed by atoms with Gasteiger partial charge in [0.25, 0.3) is 0 Å². The van der Waals surface area contributed by atoms with Gasteiger partial charge in [-0.05, 0) is 12.1 Å². The van der Waals surface area contributed by atoms with Crippen molar-refractivity contribution in [2.45, 2.75) is 12.5 Å². The summed E-state index contributed by atoms with van der Waals surface area (Å²) in [5.41, 5.74) is 0.220. The predicted molar refractivity (Wildman–Crippen MR) is 60.2 cm³/mol. The summed E-state index contributed by atoms with van der Waals surface area (Å²) in [4.78, 5) is 11.2. The van der Waals surface area contributed by atoms with E-state index in [1.165, 1.54) is 12.1 Å². The lowest BCUT2D eigenvalue weighted by Gasteiger charge is -2.10. The average molecular weight is 312 g/mol. The number of carbonyl (C=O) groups excluding carboxylic acids is 1. The molecule has 0 bridgehead atoms. The lowest BCUT2D eigenvalue weighted by Crippen LogP contribution is -2.37. The highest BCUT2D eigenvalue weighted by Crippen LogP contribution is 2.42. The maximum absolute atomic E-state index is 12.8. The highest BCUT2D eigenvalue weighted by molar-refractivity contribution is 5.80. The molecule has 1 aromatic rings. The summed E-state index contributed by atoms with van der Waals surface area (Å²) in [5.74, 6) is -1.30. The Hall–Kier alpha value is -2.26. The number of fused-ring (bicyclic) bond motifs is 1. The van der Waals surface area contributed by atoms with Crippen molar-refractivity contribution in [3.63, 3.8) is 0 Å². The summed E-state index contributed by atoms with van der Waals surface area (Å²) in [6, 6.07) is 3.65. The molecule has 2 rings (SSSR count). The van der Waals surface area contributed by atoms with Gasteiger partial charge in [0.15, 0.2) is 11.5 Å². The molecule has 1 aliphatic rings. The second kappa shape index (κ2) is 5.26. The van der Waals surface area contributed by atoms with E-state index in [4.69, 9.17) is 0 Å². The fraction of sp³-hybridized carbons (Fsp3) is 0.364. The molecule has 0 aromatic heterocycles. The van der Waals surface area contributed by atoms with Gasteiger partial charge >= 0.3 is 12.5 Å². The molecule has 0 fully saturated rings. The summed E-state index contributed by atoms with van der Waals surface area (Å²) in [6.45, 7) is -1.90. The standard InChI is InChI=1S/C11H9F5N2O3/c12-10(13,14)5-18-9(19)4-17-6-1-2-7-8(3-6)21-11(15,16)20-7/h1-3,17H,4-5H2,(H,18,19). The average Bonchev–Trinajstić information content (AvgIpc) is 2.66. The number of benzene rings is 1. The zero-order valence-corrected chi connectivity index (χ0v) is 10.3. The molecule has 0 unspecified atom stereocenters. The molecule has 21 heavy (non-hydrogen) atoms. The van der Waals surface area contributed by atoms with Crippen molar-refractivity contribution >= 4 is 11.6 Å². The number of ether oxygens (including phenoxy) is 2. The van der Waals surface area contributed by atoms with Gasteiger partial charge < -0.3 is 20.1 Å². The van der Waals surface area contributed by atoms with Crippen molar-refractivity contribution < 1.29 is 36.2 Å². The molecule has 2 N–H and O–H groups in total. The molecule has 1 amide bonds. The molecular formula is C11H9F5N2O3. The van der Waals surface area contributed by atoms with Gasteiger partial charge in [-0.15, -0.1) is 8.78 Å². The molecule has 1 heterocycles. The minimum atomic E-state index is -4.50. The van der Waals surface area contributed by atoms with E-state index in [9.17, 15) is 26.7 Å². The Morgan fingerprint density at radius 1 is 1.19 bits per heavy atom. The zero-order chi connectivity index (χ0) is 15.7. The molecular weight excluding hydrogens is 303 g/mol. The molecule has 0 saturated carbocycles. The minimum Gasteiger partial charge on any atom is -0.395 e. The van der Waals surface area contributed by atoms with Crippen LogP contribution in [0.5, 0.6) is 11.5 Å². The number of carbonyl (C=O) groups is 1. The fourth-order valence-corrected chi connectivity index (χ4v) is 1.50. The first-order valence-corrected chi connectivity index (χ1v) is 5.62. The summed E-state index contributed by atoms with van der Waals surface area (Å²) >= 11 is 0. The van der Waals surface area contributed by atoms with Gasteiger partial charge in [-0.25, -0.2) is 0 Å². The Labute approximate surface area is 115 Å². The van der Waals surface area contributed by atoms with E-state index >= 15 is 0 Å². The first-order chi connectivity index (χ1) is 9.65. The number of nitrogens with one attached hydrogen (secondary N) is 2. The molecule has 0 spiro atoms. The Bertz CT molecular complexity index is 547. The predicted octanol–water partition coefficient (Wildman–Crippen LogP) is 2.10. The first-order valence-electron chi connectivity index (χ1n) is 5.62. The fourth-order valence-electron chi connectivity index (χ4n) is 1.50. The summed E-state index contributed by atoms with van der Waals surface area (Å²) in [7, 11) is 0. The van der Waals surface area contributed by atoms with Crippen molar-refractivity contribution in [1.29, 1.82) is 0 Å². The van der Waals surface area contributed by atoms with Gasteiger partial charge in [-0.3, -0.25) is 4.79 Å². The van der Waals surface area contributed by atoms with Gasteiger partial charge in [-0.1, -0.05) is 0 Å². The Balaban J connectivity index is 1.87. The summed E-state index contributed by atoms with van der Waals surface area (Å²) in [5, 5.41) is 4.13. The van der Waals surface area contributed by atoms with Crippen LogP contribution in [0.1, 0.15) is 0 Å². The van der Waals surface area contributed by atoms with Crippen molar-refractivity contribution in [3.8, 4) is 11.5 Å². The maximum atomic E-state index is 12.8. The van der Waals surface area contributed by atoms with E-state index in [-0.39, 0.29) is 17.2 Å². The number of amides is 1. The molecule has 0 radical (unpaired) electrons. The third kappa shape index (κ3) is 4.36. The lowest BCUT2D eigenvalue weighted by molar-refractivity contribution is -0.286. The maximum Gasteiger partial charge on any atom is 0.586 e. The van der Waals surface area contributed by atoms with Gasteiger partial charge in [0.2, 0.25) is 5.91 Å². The van der Waals surface area contributed by atoms with Crippen LogP contribution >= 0.6 is 0 Å². The molecule has 0 atom stereocenters. The van der Waals surface area contributed by atoms with Crippen LogP contribution in [0.2, 0.25) is 0 Å². The number of rotatable bonds is 4. The van der Waals surface area contributed by atoms with Gasteiger partial charge in [-0.2, -0.15) is 13.2 Å². The number of anilines is 1. The van der Waals surface area contributed by atoms with Crippen molar-refractivity contribution in [3.05, 3.63) is 18.2 Å². The Kier molecular flexibility index (Phi) is 3.79. The summed E-state index contributed by atoms with van der Waals surface area (Å²) in [6.07, 6.45) is -8.26. The highest BCUT2D eigenvalue weighted by atomic mass is 19.4. The van der Waals surface area contributed by atoms with Crippen LogP contribution in [0.15, 0.2) is 18.2 Å². The second-order valence-electron chi connectivity index (χ2n) is 4.07. The van der Waals surface area contributed by atoms with Gasteiger partial charge in [0.05, 0.1) is 6.54 Å². The van der Waals surface area contributed by atoms with Gasteiger partial charge in [0, 0.05) is 11.8 Å². The normalized spacial score (nSPS) is 15.7. The van der Waals surface area contributed by atoms with E-state index in [0.717, 1.165) is 6.07 Å². The van der Waals surface area contributed by atoms with E-state index in [2.05, 4.69) is 14.8 Å². The molecule has 0 aliphatic carbocycles. The van der Waals surface area contributed by atoms with Crippen LogP contribution in [0.4, 0.5) is 27.6 Å². The van der Waals surface area contributed by atoms with Crippen LogP contribution < -0.4 is 20.1 Å². The van der Waals surface area contributed by atoms with Crippen molar-refractivity contribution in [2.75, 3.05) is 18.4 Å². The topological polar surface area (TPSA) is 59.6 Å². The molecule has 0 saturated heterocycles. The number of halogens is 5. The Morgan fingerprint density at radius 3 is 2.52 bits per heavy atom. The highest BCUT2D eigenvalue weighted by Gasteiger charge is 2.43. The van der Waals surface area contributed by atoms with Gasteiger partial charge in [0.1, 0.15) is 6.54 Å². The molecule has 116 valence electrons. The van der Waals surface area contributed by atoms with E-state index in [1.54, 1.807) is 5.32 Å². The van der Waals surface area contributed by atoms with Crippen LogP contribution in [-0.2, 0) is 4.79 Å². The minimum absolute atomic E-state index is 0.174. The van der Waals surface area contributed by atoms with Crippen LogP contribution in [0.25, 0.3) is 0 Å². The first kappa shape index (κ1) is 15.1. The third-order valence-corrected chi connectivity index (χ3v) is 2.34. The van der Waals surface area contributed by atoms with Crippen molar-refractivity contribution in [1.82, 2.24) is 5.32 Å². The number of hydrogen-bond acceptors (Lipinski definition) is 4. The SMILES string of the molecule is O=C(CNc1ccc2c(c1)OC(F)(F)O2)NCC(F)(F)F. The third-order valence-electron chi connectivity index (χ3n) is 2.34. The van der Waals surface area contributed by atoms with Crippen LogP contribution in [0, 0.1) is 0 Å². The Morgan fingerprint density at radius 2 is 1.86 bits per heavy atom. The van der Waals surface area contributed by atoms with Crippen molar-refractivity contribution in [2.24, 2.45) is 0 Å². The monoisotopic (exact) mass is 312 g/mol. The molecule has 1 aromatic carbocycles. The van der Waals surface area contributed by atoms with Crippen LogP contribution in [0.3, 0.4) is 0 Å². The van der Waals surface area contributed by atoms with Crippen LogP contribution in [-0.4, -0.2) is 31.5 Å². The number of alkyl halides is 5. The smallest absolute Gasteiger partial charge is 0.395 e. The zero-order valence-electron chi connectivity index (χ0n) is 10.3. The largest absolute Gasteiger partial charge is 0.586 e. The second-order valence-corrected chi connectivity index (χ2v) is 4.07. The molecule has 5 nitrogen and oxygen atoms in total.